The van der Waals surface area contributed by atoms with E-state index in [0.717, 1.165) is 13.0 Å². The zero-order valence-electron chi connectivity index (χ0n) is 10.5. The number of hydrogen-bond acceptors (Lipinski definition) is 3. The van der Waals surface area contributed by atoms with E-state index in [0.29, 0.717) is 25.3 Å². The number of hydrogen-bond donors (Lipinski definition) is 2. The smallest absolute Gasteiger partial charge is 0.221 e. The van der Waals surface area contributed by atoms with Crippen molar-refractivity contribution in [3.63, 3.8) is 0 Å². The van der Waals surface area contributed by atoms with E-state index in [1.54, 1.807) is 0 Å². The third-order valence-corrected chi connectivity index (χ3v) is 2.32. The summed E-state index contributed by atoms with van der Waals surface area (Å²) in [6.07, 6.45) is 1.90. The summed E-state index contributed by atoms with van der Waals surface area (Å²) in [6.45, 7) is 7.54. The highest BCUT2D eigenvalue weighted by Gasteiger charge is 2.06. The normalized spacial score (nSPS) is 12.2. The molecule has 2 N–H and O–H groups in total. The molecule has 0 aliphatic carbocycles. The Bertz CT molecular complexity index is 233. The minimum absolute atomic E-state index is 0.0769. The van der Waals surface area contributed by atoms with Crippen LogP contribution in [0, 0.1) is 17.2 Å². The number of nitrogens with zero attached hydrogens (tertiary/aromatic N) is 1. The lowest BCUT2D eigenvalue weighted by molar-refractivity contribution is -0.121. The molecule has 92 valence electrons. The summed E-state index contributed by atoms with van der Waals surface area (Å²) in [5.74, 6) is 0.562. The highest BCUT2D eigenvalue weighted by molar-refractivity contribution is 5.76. The summed E-state index contributed by atoms with van der Waals surface area (Å²) in [5.41, 5.74) is 0. The van der Waals surface area contributed by atoms with Gasteiger partial charge in [0.05, 0.1) is 12.5 Å². The van der Waals surface area contributed by atoms with Crippen molar-refractivity contribution < 1.29 is 4.79 Å². The van der Waals surface area contributed by atoms with E-state index < -0.39 is 0 Å². The maximum absolute atomic E-state index is 11.4. The first kappa shape index (κ1) is 14.9. The van der Waals surface area contributed by atoms with Crippen LogP contribution >= 0.6 is 0 Å². The van der Waals surface area contributed by atoms with E-state index in [1.807, 2.05) is 6.92 Å². The number of amides is 1. The van der Waals surface area contributed by atoms with E-state index >= 15 is 0 Å². The van der Waals surface area contributed by atoms with Crippen molar-refractivity contribution >= 4 is 5.91 Å². The van der Waals surface area contributed by atoms with Crippen LogP contribution in [0.3, 0.4) is 0 Å². The Kier molecular flexibility index (Phi) is 8.55. The van der Waals surface area contributed by atoms with Crippen LogP contribution in [0.1, 0.15) is 40.0 Å². The molecule has 16 heavy (non-hydrogen) atoms. The Morgan fingerprint density at radius 1 is 1.44 bits per heavy atom. The van der Waals surface area contributed by atoms with E-state index in [9.17, 15) is 4.79 Å². The summed E-state index contributed by atoms with van der Waals surface area (Å²) in [7, 11) is 0. The fraction of sp³-hybridized carbons (Fsp3) is 0.833. The van der Waals surface area contributed by atoms with Crippen molar-refractivity contribution in [1.82, 2.24) is 10.6 Å². The van der Waals surface area contributed by atoms with Crippen LogP contribution in [0.2, 0.25) is 0 Å². The molecule has 0 aromatic carbocycles. The van der Waals surface area contributed by atoms with Crippen LogP contribution in [0.25, 0.3) is 0 Å². The fourth-order valence-electron chi connectivity index (χ4n) is 1.27. The van der Waals surface area contributed by atoms with Gasteiger partial charge >= 0.3 is 0 Å². The van der Waals surface area contributed by atoms with Crippen LogP contribution < -0.4 is 10.6 Å². The lowest BCUT2D eigenvalue weighted by atomic mass is 10.1. The summed E-state index contributed by atoms with van der Waals surface area (Å²) in [5, 5.41) is 14.6. The Hall–Kier alpha value is -1.08. The molecule has 0 aliphatic heterocycles. The Morgan fingerprint density at radius 3 is 2.62 bits per heavy atom. The maximum Gasteiger partial charge on any atom is 0.221 e. The van der Waals surface area contributed by atoms with Crippen molar-refractivity contribution in [1.29, 1.82) is 5.26 Å². The van der Waals surface area contributed by atoms with Crippen LogP contribution in [-0.4, -0.2) is 25.0 Å². The zero-order chi connectivity index (χ0) is 12.4. The van der Waals surface area contributed by atoms with Gasteiger partial charge in [0.2, 0.25) is 5.91 Å². The SMILES string of the molecule is CCC(CC#N)NCCC(=O)NCC(C)C. The van der Waals surface area contributed by atoms with Gasteiger partial charge in [0.15, 0.2) is 0 Å². The molecule has 4 heteroatoms. The molecule has 0 aromatic rings. The average Bonchev–Trinajstić information content (AvgIpc) is 2.25. The van der Waals surface area contributed by atoms with Crippen LogP contribution in [-0.2, 0) is 4.79 Å². The fourth-order valence-corrected chi connectivity index (χ4v) is 1.27. The van der Waals surface area contributed by atoms with Gasteiger partial charge in [0, 0.05) is 25.6 Å². The second kappa shape index (κ2) is 9.17. The molecule has 0 rings (SSSR count). The topological polar surface area (TPSA) is 64.9 Å². The number of nitrogens with one attached hydrogen (secondary N) is 2. The number of rotatable bonds is 8. The largest absolute Gasteiger partial charge is 0.356 e. The molecule has 0 bridgehead atoms. The predicted octanol–water partition coefficient (Wildman–Crippen LogP) is 1.43. The molecule has 1 atom stereocenters. The van der Waals surface area contributed by atoms with Gasteiger partial charge in [-0.2, -0.15) is 5.26 Å². The maximum atomic E-state index is 11.4. The molecule has 0 aromatic heterocycles. The van der Waals surface area contributed by atoms with E-state index in [4.69, 9.17) is 5.26 Å². The Labute approximate surface area is 98.4 Å². The summed E-state index contributed by atoms with van der Waals surface area (Å²) >= 11 is 0. The molecule has 0 spiro atoms. The van der Waals surface area contributed by atoms with Crippen LogP contribution in [0.15, 0.2) is 0 Å². The van der Waals surface area contributed by atoms with Crippen molar-refractivity contribution in [2.75, 3.05) is 13.1 Å². The minimum Gasteiger partial charge on any atom is -0.356 e. The minimum atomic E-state index is 0.0769. The van der Waals surface area contributed by atoms with Crippen molar-refractivity contribution in [2.24, 2.45) is 5.92 Å². The van der Waals surface area contributed by atoms with Gasteiger partial charge < -0.3 is 10.6 Å². The van der Waals surface area contributed by atoms with Gasteiger partial charge in [-0.05, 0) is 12.3 Å². The second-order valence-corrected chi connectivity index (χ2v) is 4.37. The highest BCUT2D eigenvalue weighted by atomic mass is 16.1. The van der Waals surface area contributed by atoms with E-state index in [-0.39, 0.29) is 11.9 Å². The number of nitriles is 1. The van der Waals surface area contributed by atoms with Crippen LogP contribution in [0.5, 0.6) is 0 Å². The first-order valence-electron chi connectivity index (χ1n) is 5.97. The quantitative estimate of drug-likeness (QED) is 0.657. The number of carbonyl (C=O) groups is 1. The molecule has 0 fully saturated rings. The van der Waals surface area contributed by atoms with Gasteiger partial charge in [0.1, 0.15) is 0 Å². The molecular formula is C12H23N3O. The van der Waals surface area contributed by atoms with Gasteiger partial charge in [-0.15, -0.1) is 0 Å². The average molecular weight is 225 g/mol. The second-order valence-electron chi connectivity index (χ2n) is 4.37. The van der Waals surface area contributed by atoms with E-state index in [2.05, 4.69) is 30.6 Å². The first-order valence-corrected chi connectivity index (χ1v) is 5.97. The van der Waals surface area contributed by atoms with Crippen molar-refractivity contribution in [3.8, 4) is 6.07 Å². The van der Waals surface area contributed by atoms with E-state index in [1.165, 1.54) is 0 Å². The molecule has 1 amide bonds. The molecular weight excluding hydrogens is 202 g/mol. The Morgan fingerprint density at radius 2 is 2.12 bits per heavy atom. The lowest BCUT2D eigenvalue weighted by Crippen LogP contribution is -2.34. The van der Waals surface area contributed by atoms with Gasteiger partial charge in [-0.1, -0.05) is 20.8 Å². The summed E-state index contributed by atoms with van der Waals surface area (Å²) in [4.78, 5) is 11.4. The molecule has 0 radical (unpaired) electrons. The third kappa shape index (κ3) is 8.25. The molecule has 0 aliphatic rings. The summed E-state index contributed by atoms with van der Waals surface area (Å²) < 4.78 is 0. The first-order chi connectivity index (χ1) is 7.60. The van der Waals surface area contributed by atoms with Crippen LogP contribution in [0.4, 0.5) is 0 Å². The zero-order valence-corrected chi connectivity index (χ0v) is 10.5. The predicted molar refractivity (Wildman–Crippen MR) is 64.8 cm³/mol. The molecule has 1 unspecified atom stereocenters. The van der Waals surface area contributed by atoms with Gasteiger partial charge in [0.25, 0.3) is 0 Å². The van der Waals surface area contributed by atoms with Gasteiger partial charge in [-0.3, -0.25) is 4.79 Å². The molecule has 4 nitrogen and oxygen atoms in total. The van der Waals surface area contributed by atoms with Crippen molar-refractivity contribution in [3.05, 3.63) is 0 Å². The molecule has 0 saturated heterocycles. The Balaban J connectivity index is 3.56. The standard InChI is InChI=1S/C12H23N3O/c1-4-11(5-7-13)14-8-6-12(16)15-9-10(2)3/h10-11,14H,4-6,8-9H2,1-3H3,(H,15,16). The molecule has 0 heterocycles. The third-order valence-electron chi connectivity index (χ3n) is 2.32. The number of carbonyl (C=O) groups excluding carboxylic acids is 1. The lowest BCUT2D eigenvalue weighted by Gasteiger charge is -2.13. The summed E-state index contributed by atoms with van der Waals surface area (Å²) in [6, 6.07) is 2.34. The molecule has 0 saturated carbocycles. The van der Waals surface area contributed by atoms with Gasteiger partial charge in [-0.25, -0.2) is 0 Å². The highest BCUT2D eigenvalue weighted by Crippen LogP contribution is 1.96. The van der Waals surface area contributed by atoms with Crippen molar-refractivity contribution in [2.45, 2.75) is 46.1 Å². The monoisotopic (exact) mass is 225 g/mol.